The van der Waals surface area contributed by atoms with Gasteiger partial charge in [0.05, 0.1) is 0 Å². The van der Waals surface area contributed by atoms with Crippen molar-refractivity contribution in [2.24, 2.45) is 5.92 Å². The third-order valence-electron chi connectivity index (χ3n) is 3.30. The minimum absolute atomic E-state index is 0.426. The van der Waals surface area contributed by atoms with Crippen LogP contribution in [0, 0.1) is 5.92 Å². The van der Waals surface area contributed by atoms with Crippen LogP contribution in [0.4, 0.5) is 0 Å². The third kappa shape index (κ3) is 3.08. The van der Waals surface area contributed by atoms with Crippen molar-refractivity contribution in [2.45, 2.75) is 38.5 Å². The lowest BCUT2D eigenvalue weighted by Gasteiger charge is -2.13. The highest BCUT2D eigenvalue weighted by Gasteiger charge is 2.18. The van der Waals surface area contributed by atoms with Crippen LogP contribution in [0.25, 0.3) is 0 Å². The monoisotopic (exact) mass is 236 g/mol. The Morgan fingerprint density at radius 2 is 2.06 bits per heavy atom. The summed E-state index contributed by atoms with van der Waals surface area (Å²) in [5.41, 5.74) is 1.18. The lowest BCUT2D eigenvalue weighted by atomic mass is 9.92. The fourth-order valence-corrected chi connectivity index (χ4v) is 2.64. The minimum Gasteiger partial charge on any atom is -0.300 e. The lowest BCUT2D eigenvalue weighted by molar-refractivity contribution is -0.119. The van der Waals surface area contributed by atoms with E-state index in [2.05, 4.69) is 6.07 Å². The first-order chi connectivity index (χ1) is 7.75. The van der Waals surface area contributed by atoms with Crippen molar-refractivity contribution in [1.82, 2.24) is 0 Å². The van der Waals surface area contributed by atoms with Crippen molar-refractivity contribution in [1.29, 1.82) is 0 Å². The van der Waals surface area contributed by atoms with Crippen LogP contribution < -0.4 is 0 Å². The largest absolute Gasteiger partial charge is 0.300 e. The van der Waals surface area contributed by atoms with Crippen LogP contribution in [0.1, 0.15) is 37.7 Å². The molecule has 1 atom stereocenters. The third-order valence-corrected chi connectivity index (χ3v) is 3.67. The predicted molar refractivity (Wildman–Crippen MR) is 66.7 cm³/mol. The Labute approximate surface area is 102 Å². The van der Waals surface area contributed by atoms with Gasteiger partial charge >= 0.3 is 0 Å². The highest BCUT2D eigenvalue weighted by Crippen LogP contribution is 2.27. The Hall–Kier alpha value is -0.820. The number of benzene rings is 1. The summed E-state index contributed by atoms with van der Waals surface area (Å²) in [4.78, 5) is 11.5. The molecule has 0 N–H and O–H groups in total. The molecule has 0 heterocycles. The van der Waals surface area contributed by atoms with E-state index >= 15 is 0 Å². The van der Waals surface area contributed by atoms with Gasteiger partial charge in [-0.1, -0.05) is 36.2 Å². The van der Waals surface area contributed by atoms with Gasteiger partial charge in [-0.05, 0) is 36.8 Å². The van der Waals surface area contributed by atoms with Crippen molar-refractivity contribution >= 4 is 17.4 Å². The van der Waals surface area contributed by atoms with E-state index < -0.39 is 0 Å². The van der Waals surface area contributed by atoms with Gasteiger partial charge in [0.1, 0.15) is 5.78 Å². The molecule has 2 heteroatoms. The first-order valence-corrected chi connectivity index (χ1v) is 6.38. The zero-order chi connectivity index (χ0) is 11.4. The second-order valence-electron chi connectivity index (χ2n) is 4.65. The Morgan fingerprint density at radius 3 is 2.88 bits per heavy atom. The molecule has 0 bridgehead atoms. The van der Waals surface area contributed by atoms with Gasteiger partial charge in [0.15, 0.2) is 0 Å². The molecule has 0 amide bonds. The number of halogens is 1. The van der Waals surface area contributed by atoms with Crippen LogP contribution >= 0.6 is 11.6 Å². The molecule has 0 aromatic heterocycles. The summed E-state index contributed by atoms with van der Waals surface area (Å²) in [7, 11) is 0. The van der Waals surface area contributed by atoms with Crippen molar-refractivity contribution in [3.63, 3.8) is 0 Å². The van der Waals surface area contributed by atoms with E-state index in [1.165, 1.54) is 12.0 Å². The quantitative estimate of drug-likeness (QED) is 0.709. The zero-order valence-corrected chi connectivity index (χ0v) is 10.2. The fraction of sp³-hybridized carbons (Fsp3) is 0.500. The molecule has 1 unspecified atom stereocenters. The van der Waals surface area contributed by atoms with Crippen LogP contribution in [0.2, 0.25) is 5.02 Å². The molecule has 1 aliphatic rings. The van der Waals surface area contributed by atoms with E-state index in [1.807, 2.05) is 18.2 Å². The molecule has 1 aromatic carbocycles. The van der Waals surface area contributed by atoms with Crippen LogP contribution in [-0.2, 0) is 11.2 Å². The summed E-state index contributed by atoms with van der Waals surface area (Å²) >= 11 is 6.14. The summed E-state index contributed by atoms with van der Waals surface area (Å²) in [6.45, 7) is 0. The number of rotatable bonds is 2. The van der Waals surface area contributed by atoms with E-state index in [1.54, 1.807) is 0 Å². The molecule has 1 saturated carbocycles. The van der Waals surface area contributed by atoms with Crippen molar-refractivity contribution in [2.75, 3.05) is 0 Å². The average Bonchev–Trinajstić information content (AvgIpc) is 2.46. The number of hydrogen-bond acceptors (Lipinski definition) is 1. The fourth-order valence-electron chi connectivity index (χ4n) is 2.43. The summed E-state index contributed by atoms with van der Waals surface area (Å²) in [5.74, 6) is 0.921. The molecule has 0 saturated heterocycles. The molecule has 1 fully saturated rings. The summed E-state index contributed by atoms with van der Waals surface area (Å²) in [6, 6.07) is 7.96. The first kappa shape index (κ1) is 11.7. The lowest BCUT2D eigenvalue weighted by Crippen LogP contribution is -2.08. The maximum Gasteiger partial charge on any atom is 0.133 e. The van der Waals surface area contributed by atoms with E-state index in [4.69, 9.17) is 11.6 Å². The Bertz CT molecular complexity index is 373. The van der Waals surface area contributed by atoms with Gasteiger partial charge in [0.25, 0.3) is 0 Å². The smallest absolute Gasteiger partial charge is 0.133 e. The zero-order valence-electron chi connectivity index (χ0n) is 9.42. The second kappa shape index (κ2) is 5.49. The second-order valence-corrected chi connectivity index (χ2v) is 5.06. The molecular formula is C14H17ClO. The molecule has 16 heavy (non-hydrogen) atoms. The standard InChI is InChI=1S/C14H17ClO/c15-14-8-4-2-6-12(14)9-11-5-1-3-7-13(16)10-11/h2,4,6,8,11H,1,3,5,7,9-10H2. The van der Waals surface area contributed by atoms with Gasteiger partial charge in [0.2, 0.25) is 0 Å². The first-order valence-electron chi connectivity index (χ1n) is 6.01. The molecule has 2 rings (SSSR count). The molecule has 0 aliphatic heterocycles. The average molecular weight is 237 g/mol. The van der Waals surface area contributed by atoms with Crippen LogP contribution in [0.5, 0.6) is 0 Å². The Morgan fingerprint density at radius 1 is 1.25 bits per heavy atom. The van der Waals surface area contributed by atoms with Gasteiger partial charge in [0, 0.05) is 17.9 Å². The van der Waals surface area contributed by atoms with Crippen LogP contribution in [-0.4, -0.2) is 5.78 Å². The maximum absolute atomic E-state index is 11.5. The van der Waals surface area contributed by atoms with E-state index in [0.717, 1.165) is 37.1 Å². The van der Waals surface area contributed by atoms with Crippen molar-refractivity contribution in [3.8, 4) is 0 Å². The Kier molecular flexibility index (Phi) is 4.00. The van der Waals surface area contributed by atoms with E-state index in [0.29, 0.717) is 11.7 Å². The molecule has 0 spiro atoms. The SMILES string of the molecule is O=C1CCCCC(Cc2ccccc2Cl)C1. The summed E-state index contributed by atoms with van der Waals surface area (Å²) in [5, 5.41) is 0.833. The number of carbonyl (C=O) groups excluding carboxylic acids is 1. The van der Waals surface area contributed by atoms with Crippen LogP contribution in [0.3, 0.4) is 0 Å². The molecule has 1 aliphatic carbocycles. The summed E-state index contributed by atoms with van der Waals surface area (Å²) < 4.78 is 0. The van der Waals surface area contributed by atoms with Gasteiger partial charge in [-0.15, -0.1) is 0 Å². The topological polar surface area (TPSA) is 17.1 Å². The normalized spacial score (nSPS) is 21.8. The highest BCUT2D eigenvalue weighted by molar-refractivity contribution is 6.31. The maximum atomic E-state index is 11.5. The molecular weight excluding hydrogens is 220 g/mol. The van der Waals surface area contributed by atoms with Gasteiger partial charge in [-0.3, -0.25) is 4.79 Å². The summed E-state index contributed by atoms with van der Waals surface area (Å²) in [6.07, 6.45) is 5.88. The Balaban J connectivity index is 2.03. The number of Topliss-reactive ketones (excluding diaryl/α,β-unsaturated/α-hetero) is 1. The van der Waals surface area contributed by atoms with Crippen molar-refractivity contribution < 1.29 is 4.79 Å². The minimum atomic E-state index is 0.426. The molecule has 0 radical (unpaired) electrons. The van der Waals surface area contributed by atoms with Gasteiger partial charge < -0.3 is 0 Å². The van der Waals surface area contributed by atoms with Crippen molar-refractivity contribution in [3.05, 3.63) is 34.9 Å². The molecule has 1 nitrogen and oxygen atoms in total. The van der Waals surface area contributed by atoms with E-state index in [-0.39, 0.29) is 0 Å². The molecule has 1 aromatic rings. The predicted octanol–water partition coefficient (Wildman–Crippen LogP) is 4.03. The van der Waals surface area contributed by atoms with E-state index in [9.17, 15) is 4.79 Å². The number of ketones is 1. The van der Waals surface area contributed by atoms with Gasteiger partial charge in [-0.2, -0.15) is 0 Å². The highest BCUT2D eigenvalue weighted by atomic mass is 35.5. The number of hydrogen-bond donors (Lipinski definition) is 0. The molecule has 86 valence electrons. The van der Waals surface area contributed by atoms with Crippen LogP contribution in [0.15, 0.2) is 24.3 Å². The van der Waals surface area contributed by atoms with Gasteiger partial charge in [-0.25, -0.2) is 0 Å². The number of carbonyl (C=O) groups is 1.